The summed E-state index contributed by atoms with van der Waals surface area (Å²) in [4.78, 5) is 49.9. The number of carbonyl (C=O) groups excluding carboxylic acids is 4. The molecule has 0 bridgehead atoms. The van der Waals surface area contributed by atoms with Gasteiger partial charge in [-0.1, -0.05) is 41.9 Å². The van der Waals surface area contributed by atoms with Gasteiger partial charge in [0.15, 0.2) is 0 Å². The standard InChI is InChI=1S/C22H20BN3O4/c23-16-4-1-13(2-5-16)10-20(28)24-11-14-3-6-17-15(9-14)12-26(22(17)30)18-7-8-19(27)25-21(18)29/h1-6,9,18H,7-8,10-12H2,(H,24,28)(H,25,27,29). The Hall–Kier alpha value is -3.42. The van der Waals surface area contributed by atoms with Gasteiger partial charge in [-0.15, -0.1) is 0 Å². The minimum Gasteiger partial charge on any atom is -0.352 e. The van der Waals surface area contributed by atoms with E-state index in [1.54, 1.807) is 24.3 Å². The van der Waals surface area contributed by atoms with E-state index in [1.165, 1.54) is 4.90 Å². The van der Waals surface area contributed by atoms with E-state index in [0.29, 0.717) is 30.5 Å². The number of hydrogen-bond acceptors (Lipinski definition) is 4. The lowest BCUT2D eigenvalue weighted by Gasteiger charge is -2.29. The molecule has 1 atom stereocenters. The third kappa shape index (κ3) is 4.12. The lowest BCUT2D eigenvalue weighted by Crippen LogP contribution is -2.52. The summed E-state index contributed by atoms with van der Waals surface area (Å²) in [5, 5.41) is 5.18. The van der Waals surface area contributed by atoms with Crippen molar-refractivity contribution in [2.24, 2.45) is 0 Å². The second-order valence-corrected chi connectivity index (χ2v) is 7.59. The zero-order valence-electron chi connectivity index (χ0n) is 16.3. The third-order valence-electron chi connectivity index (χ3n) is 5.42. The Balaban J connectivity index is 1.38. The van der Waals surface area contributed by atoms with Gasteiger partial charge in [0.25, 0.3) is 5.91 Å². The molecule has 0 spiro atoms. The Bertz CT molecular complexity index is 1040. The van der Waals surface area contributed by atoms with E-state index in [-0.39, 0.29) is 30.6 Å². The molecule has 0 aliphatic carbocycles. The van der Waals surface area contributed by atoms with Gasteiger partial charge in [-0.2, -0.15) is 0 Å². The van der Waals surface area contributed by atoms with Crippen molar-refractivity contribution in [2.75, 3.05) is 0 Å². The number of amides is 4. The van der Waals surface area contributed by atoms with Crippen molar-refractivity contribution >= 4 is 36.9 Å². The van der Waals surface area contributed by atoms with E-state index in [0.717, 1.165) is 16.7 Å². The SMILES string of the molecule is [B]c1ccc(CC(=O)NCc2ccc3c(c2)CN(C2CCC(=O)NC2=O)C3=O)cc1. The first-order chi connectivity index (χ1) is 14.4. The van der Waals surface area contributed by atoms with Gasteiger partial charge >= 0.3 is 0 Å². The molecule has 0 aromatic heterocycles. The van der Waals surface area contributed by atoms with Crippen LogP contribution in [0.3, 0.4) is 0 Å². The summed E-state index contributed by atoms with van der Waals surface area (Å²) in [6.07, 6.45) is 0.813. The lowest BCUT2D eigenvalue weighted by molar-refractivity contribution is -0.137. The summed E-state index contributed by atoms with van der Waals surface area (Å²) in [5.41, 5.74) is 3.77. The highest BCUT2D eigenvalue weighted by Crippen LogP contribution is 2.28. The smallest absolute Gasteiger partial charge is 0.255 e. The largest absolute Gasteiger partial charge is 0.352 e. The number of carbonyl (C=O) groups is 4. The van der Waals surface area contributed by atoms with Gasteiger partial charge in [-0.25, -0.2) is 0 Å². The predicted octanol–water partition coefficient (Wildman–Crippen LogP) is 0.100. The number of rotatable bonds is 5. The molecule has 0 saturated carbocycles. The van der Waals surface area contributed by atoms with E-state index in [1.807, 2.05) is 18.2 Å². The molecule has 4 rings (SSSR count). The van der Waals surface area contributed by atoms with Crippen LogP contribution in [0.4, 0.5) is 0 Å². The average Bonchev–Trinajstić information content (AvgIpc) is 3.04. The summed E-state index contributed by atoms with van der Waals surface area (Å²) in [5.74, 6) is -1.06. The first kappa shape index (κ1) is 19.9. The quantitative estimate of drug-likeness (QED) is 0.549. The molecular formula is C22H20BN3O4. The minimum atomic E-state index is -0.634. The number of imide groups is 1. The van der Waals surface area contributed by atoms with Crippen LogP contribution in [0.15, 0.2) is 42.5 Å². The van der Waals surface area contributed by atoms with Crippen LogP contribution >= 0.6 is 0 Å². The van der Waals surface area contributed by atoms with Crippen LogP contribution in [0, 0.1) is 0 Å². The molecular weight excluding hydrogens is 381 g/mol. The van der Waals surface area contributed by atoms with E-state index < -0.39 is 11.9 Å². The van der Waals surface area contributed by atoms with Crippen molar-refractivity contribution in [3.05, 3.63) is 64.7 Å². The van der Waals surface area contributed by atoms with E-state index in [2.05, 4.69) is 10.6 Å². The Kier molecular flexibility index (Phi) is 5.39. The van der Waals surface area contributed by atoms with E-state index in [4.69, 9.17) is 7.85 Å². The van der Waals surface area contributed by atoms with Crippen LogP contribution in [0.1, 0.15) is 39.9 Å². The van der Waals surface area contributed by atoms with Gasteiger partial charge in [0.05, 0.1) is 6.42 Å². The number of hydrogen-bond donors (Lipinski definition) is 2. The van der Waals surface area contributed by atoms with Crippen molar-refractivity contribution < 1.29 is 19.2 Å². The highest BCUT2D eigenvalue weighted by molar-refractivity contribution is 6.32. The summed E-state index contributed by atoms with van der Waals surface area (Å²) < 4.78 is 0. The van der Waals surface area contributed by atoms with Crippen LogP contribution in [-0.4, -0.2) is 42.4 Å². The van der Waals surface area contributed by atoms with Crippen molar-refractivity contribution in [1.29, 1.82) is 0 Å². The molecule has 2 radical (unpaired) electrons. The summed E-state index contributed by atoms with van der Waals surface area (Å²) in [7, 11) is 5.65. The van der Waals surface area contributed by atoms with Crippen molar-refractivity contribution in [3.8, 4) is 0 Å². The first-order valence-electron chi connectivity index (χ1n) is 9.78. The van der Waals surface area contributed by atoms with Crippen LogP contribution in [-0.2, 0) is 33.9 Å². The molecule has 1 fully saturated rings. The zero-order valence-corrected chi connectivity index (χ0v) is 16.3. The maximum atomic E-state index is 12.7. The van der Waals surface area contributed by atoms with Crippen LogP contribution in [0.2, 0.25) is 0 Å². The predicted molar refractivity (Wildman–Crippen MR) is 110 cm³/mol. The van der Waals surface area contributed by atoms with E-state index >= 15 is 0 Å². The van der Waals surface area contributed by atoms with Gasteiger partial charge in [0.1, 0.15) is 13.9 Å². The highest BCUT2D eigenvalue weighted by atomic mass is 16.2. The normalized spacial score (nSPS) is 18.2. The van der Waals surface area contributed by atoms with E-state index in [9.17, 15) is 19.2 Å². The molecule has 1 unspecified atom stereocenters. The summed E-state index contributed by atoms with van der Waals surface area (Å²) in [6, 6.07) is 11.9. The number of nitrogens with one attached hydrogen (secondary N) is 2. The van der Waals surface area contributed by atoms with Crippen LogP contribution < -0.4 is 16.1 Å². The Labute approximate surface area is 175 Å². The fourth-order valence-electron chi connectivity index (χ4n) is 3.82. The van der Waals surface area contributed by atoms with Crippen molar-refractivity contribution in [1.82, 2.24) is 15.5 Å². The average molecular weight is 401 g/mol. The number of nitrogens with zero attached hydrogens (tertiary/aromatic N) is 1. The van der Waals surface area contributed by atoms with Crippen molar-refractivity contribution in [2.45, 2.75) is 38.4 Å². The topological polar surface area (TPSA) is 95.6 Å². The minimum absolute atomic E-state index is 0.110. The van der Waals surface area contributed by atoms with Gasteiger partial charge < -0.3 is 10.2 Å². The fraction of sp³-hybridized carbons (Fsp3) is 0.273. The molecule has 1 saturated heterocycles. The second kappa shape index (κ2) is 8.14. The molecule has 2 N–H and O–H groups in total. The monoisotopic (exact) mass is 401 g/mol. The third-order valence-corrected chi connectivity index (χ3v) is 5.42. The summed E-state index contributed by atoms with van der Waals surface area (Å²) >= 11 is 0. The van der Waals surface area contributed by atoms with Crippen molar-refractivity contribution in [3.63, 3.8) is 0 Å². The van der Waals surface area contributed by atoms with Crippen LogP contribution in [0.5, 0.6) is 0 Å². The molecule has 2 aliphatic heterocycles. The first-order valence-corrected chi connectivity index (χ1v) is 9.78. The second-order valence-electron chi connectivity index (χ2n) is 7.59. The number of piperidine rings is 1. The molecule has 8 heteroatoms. The number of benzene rings is 2. The summed E-state index contributed by atoms with van der Waals surface area (Å²) in [6.45, 7) is 0.654. The highest BCUT2D eigenvalue weighted by Gasteiger charge is 2.39. The molecule has 30 heavy (non-hydrogen) atoms. The van der Waals surface area contributed by atoms with Crippen LogP contribution in [0.25, 0.3) is 0 Å². The Morgan fingerprint density at radius 3 is 2.57 bits per heavy atom. The zero-order chi connectivity index (χ0) is 21.3. The maximum absolute atomic E-state index is 12.7. The molecule has 2 aromatic rings. The molecule has 2 heterocycles. The molecule has 4 amide bonds. The number of fused-ring (bicyclic) bond motifs is 1. The van der Waals surface area contributed by atoms with Gasteiger partial charge in [-0.3, -0.25) is 24.5 Å². The molecule has 2 aromatic carbocycles. The van der Waals surface area contributed by atoms with Gasteiger partial charge in [-0.05, 0) is 29.2 Å². The Morgan fingerprint density at radius 1 is 1.10 bits per heavy atom. The van der Waals surface area contributed by atoms with Gasteiger partial charge in [0, 0.05) is 25.1 Å². The molecule has 7 nitrogen and oxygen atoms in total. The van der Waals surface area contributed by atoms with Gasteiger partial charge in [0.2, 0.25) is 17.7 Å². The fourth-order valence-corrected chi connectivity index (χ4v) is 3.82. The maximum Gasteiger partial charge on any atom is 0.255 e. The molecule has 2 aliphatic rings. The Morgan fingerprint density at radius 2 is 1.83 bits per heavy atom. The molecule has 150 valence electrons. The lowest BCUT2D eigenvalue weighted by atomic mass is 9.95.